The summed E-state index contributed by atoms with van der Waals surface area (Å²) in [6.45, 7) is 2.27. The van der Waals surface area contributed by atoms with E-state index in [0.717, 1.165) is 32.1 Å². The maximum atomic E-state index is 12.1. The van der Waals surface area contributed by atoms with Crippen LogP contribution in [0.25, 0.3) is 11.0 Å². The highest BCUT2D eigenvalue weighted by Crippen LogP contribution is 2.27. The van der Waals surface area contributed by atoms with E-state index >= 15 is 0 Å². The Morgan fingerprint density at radius 1 is 1.26 bits per heavy atom. The highest BCUT2D eigenvalue weighted by atomic mass is 16.5. The van der Waals surface area contributed by atoms with E-state index in [0.29, 0.717) is 29.4 Å². The predicted octanol–water partition coefficient (Wildman–Crippen LogP) is 3.80. The lowest BCUT2D eigenvalue weighted by molar-refractivity contribution is 0.0495. The Kier molecular flexibility index (Phi) is 5.98. The summed E-state index contributed by atoms with van der Waals surface area (Å²) in [5.74, 6) is 5.28. The molecule has 0 aliphatic heterocycles. The summed E-state index contributed by atoms with van der Waals surface area (Å²) in [7, 11) is 0. The van der Waals surface area contributed by atoms with Gasteiger partial charge in [0.1, 0.15) is 16.7 Å². The zero-order valence-corrected chi connectivity index (χ0v) is 15.5. The van der Waals surface area contributed by atoms with Gasteiger partial charge < -0.3 is 14.3 Å². The van der Waals surface area contributed by atoms with Crippen molar-refractivity contribution in [1.82, 2.24) is 0 Å². The van der Waals surface area contributed by atoms with E-state index in [2.05, 4.69) is 11.8 Å². The van der Waals surface area contributed by atoms with Crippen LogP contribution < -0.4 is 5.63 Å². The largest absolute Gasteiger partial charge is 0.462 e. The van der Waals surface area contributed by atoms with Crippen LogP contribution in [0, 0.1) is 11.8 Å². The molecule has 1 N–H and O–H groups in total. The smallest absolute Gasteiger partial charge is 0.351 e. The molecule has 27 heavy (non-hydrogen) atoms. The molecule has 0 amide bonds. The van der Waals surface area contributed by atoms with Crippen LogP contribution in [0.1, 0.15) is 67.8 Å². The molecule has 1 aliphatic carbocycles. The Balaban J connectivity index is 1.83. The van der Waals surface area contributed by atoms with Gasteiger partial charge in [-0.25, -0.2) is 9.59 Å². The standard InChI is InChI=1S/C22H24O5/c1-2-3-13-26-20(23)18-15-17-8-7-16(14-19(17)27-21(18)24)9-12-22(25)10-5-4-6-11-22/h7-8,14-15,25H,2-6,10-11,13H2,1H3. The number of hydrogen-bond donors (Lipinski definition) is 1. The first-order chi connectivity index (χ1) is 13.0. The maximum Gasteiger partial charge on any atom is 0.351 e. The Morgan fingerprint density at radius 3 is 2.78 bits per heavy atom. The van der Waals surface area contributed by atoms with Crippen LogP contribution in [-0.2, 0) is 4.74 Å². The molecule has 0 radical (unpaired) electrons. The lowest BCUT2D eigenvalue weighted by atomic mass is 9.85. The summed E-state index contributed by atoms with van der Waals surface area (Å²) in [6.07, 6.45) is 6.12. The topological polar surface area (TPSA) is 76.7 Å². The van der Waals surface area contributed by atoms with Crippen LogP contribution in [0.4, 0.5) is 0 Å². The second kappa shape index (κ2) is 8.41. The number of fused-ring (bicyclic) bond motifs is 1. The fourth-order valence-electron chi connectivity index (χ4n) is 3.17. The number of rotatable bonds is 4. The van der Waals surface area contributed by atoms with Gasteiger partial charge in [-0.05, 0) is 56.4 Å². The molecule has 0 bridgehead atoms. The van der Waals surface area contributed by atoms with Gasteiger partial charge in [0.2, 0.25) is 0 Å². The number of carbonyl (C=O) groups is 1. The van der Waals surface area contributed by atoms with E-state index in [1.165, 1.54) is 6.07 Å². The molecule has 0 saturated heterocycles. The number of ether oxygens (including phenoxy) is 1. The molecule has 5 heteroatoms. The minimum Gasteiger partial charge on any atom is -0.462 e. The van der Waals surface area contributed by atoms with E-state index in [4.69, 9.17) is 9.15 Å². The van der Waals surface area contributed by atoms with E-state index in [1.54, 1.807) is 18.2 Å². The van der Waals surface area contributed by atoms with Crippen molar-refractivity contribution in [2.45, 2.75) is 57.5 Å². The molecule has 3 rings (SSSR count). The van der Waals surface area contributed by atoms with Crippen molar-refractivity contribution in [3.63, 3.8) is 0 Å². The van der Waals surface area contributed by atoms with Gasteiger partial charge >= 0.3 is 11.6 Å². The number of benzene rings is 1. The van der Waals surface area contributed by atoms with Gasteiger partial charge in [0, 0.05) is 10.9 Å². The molecule has 1 fully saturated rings. The minimum atomic E-state index is -0.930. The van der Waals surface area contributed by atoms with Gasteiger partial charge in [-0.2, -0.15) is 0 Å². The predicted molar refractivity (Wildman–Crippen MR) is 103 cm³/mol. The van der Waals surface area contributed by atoms with Gasteiger partial charge in [-0.3, -0.25) is 0 Å². The summed E-state index contributed by atoms with van der Waals surface area (Å²) in [5.41, 5.74) is -0.746. The van der Waals surface area contributed by atoms with Gasteiger partial charge in [-0.1, -0.05) is 31.6 Å². The minimum absolute atomic E-state index is 0.103. The average molecular weight is 368 g/mol. The molecule has 1 heterocycles. The highest BCUT2D eigenvalue weighted by Gasteiger charge is 2.26. The third kappa shape index (κ3) is 4.78. The summed E-state index contributed by atoms with van der Waals surface area (Å²) >= 11 is 0. The fraction of sp³-hybridized carbons (Fsp3) is 0.455. The van der Waals surface area contributed by atoms with Crippen LogP contribution in [0.5, 0.6) is 0 Å². The maximum absolute atomic E-state index is 12.1. The first-order valence-electron chi connectivity index (χ1n) is 9.51. The number of carbonyl (C=O) groups excluding carboxylic acids is 1. The monoisotopic (exact) mass is 368 g/mol. The van der Waals surface area contributed by atoms with Crippen molar-refractivity contribution < 1.29 is 19.1 Å². The number of hydrogen-bond acceptors (Lipinski definition) is 5. The molecule has 2 aromatic rings. The summed E-state index contributed by atoms with van der Waals surface area (Å²) in [6, 6.07) is 6.67. The first-order valence-corrected chi connectivity index (χ1v) is 9.51. The van der Waals surface area contributed by atoms with Crippen LogP contribution in [0.15, 0.2) is 33.5 Å². The molecular formula is C22H24O5. The van der Waals surface area contributed by atoms with Crippen molar-refractivity contribution in [1.29, 1.82) is 0 Å². The quantitative estimate of drug-likeness (QED) is 0.384. The van der Waals surface area contributed by atoms with E-state index in [-0.39, 0.29) is 12.2 Å². The van der Waals surface area contributed by atoms with Crippen LogP contribution in [-0.4, -0.2) is 23.3 Å². The normalized spacial score (nSPS) is 15.8. The lowest BCUT2D eigenvalue weighted by Gasteiger charge is -2.26. The van der Waals surface area contributed by atoms with Crippen molar-refractivity contribution in [2.24, 2.45) is 0 Å². The van der Waals surface area contributed by atoms with Crippen LogP contribution in [0.3, 0.4) is 0 Å². The molecule has 1 aromatic carbocycles. The molecule has 5 nitrogen and oxygen atoms in total. The van der Waals surface area contributed by atoms with Gasteiger partial charge in [0.15, 0.2) is 0 Å². The Labute approximate surface area is 158 Å². The van der Waals surface area contributed by atoms with Crippen LogP contribution in [0.2, 0.25) is 0 Å². The molecule has 0 atom stereocenters. The molecule has 1 saturated carbocycles. The summed E-state index contributed by atoms with van der Waals surface area (Å²) in [5, 5.41) is 11.1. The van der Waals surface area contributed by atoms with E-state index in [1.807, 2.05) is 6.92 Å². The Morgan fingerprint density at radius 2 is 2.04 bits per heavy atom. The molecule has 1 aromatic heterocycles. The third-order valence-corrected chi connectivity index (χ3v) is 4.81. The second-order valence-corrected chi connectivity index (χ2v) is 7.03. The van der Waals surface area contributed by atoms with E-state index < -0.39 is 17.2 Å². The van der Waals surface area contributed by atoms with Gasteiger partial charge in [-0.15, -0.1) is 0 Å². The van der Waals surface area contributed by atoms with Crippen molar-refractivity contribution in [2.75, 3.05) is 6.61 Å². The van der Waals surface area contributed by atoms with Crippen molar-refractivity contribution in [3.05, 3.63) is 45.8 Å². The average Bonchev–Trinajstić information content (AvgIpc) is 2.66. The highest BCUT2D eigenvalue weighted by molar-refractivity contribution is 5.93. The molecule has 1 aliphatic rings. The van der Waals surface area contributed by atoms with Crippen molar-refractivity contribution >= 4 is 16.9 Å². The Hall–Kier alpha value is -2.58. The lowest BCUT2D eigenvalue weighted by Crippen LogP contribution is -2.29. The second-order valence-electron chi connectivity index (χ2n) is 7.03. The zero-order valence-electron chi connectivity index (χ0n) is 15.5. The number of aliphatic hydroxyl groups is 1. The SMILES string of the molecule is CCCCOC(=O)c1cc2ccc(C#CC3(O)CCCCC3)cc2oc1=O. The zero-order chi connectivity index (χ0) is 19.3. The fourth-order valence-corrected chi connectivity index (χ4v) is 3.17. The third-order valence-electron chi connectivity index (χ3n) is 4.81. The molecule has 0 unspecified atom stereocenters. The Bertz CT molecular complexity index is 939. The van der Waals surface area contributed by atoms with Gasteiger partial charge in [0.05, 0.1) is 6.61 Å². The molecule has 142 valence electrons. The summed E-state index contributed by atoms with van der Waals surface area (Å²) < 4.78 is 10.4. The van der Waals surface area contributed by atoms with Crippen molar-refractivity contribution in [3.8, 4) is 11.8 Å². The first kappa shape index (κ1) is 19.2. The number of esters is 1. The van der Waals surface area contributed by atoms with Crippen LogP contribution >= 0.6 is 0 Å². The molecular weight excluding hydrogens is 344 g/mol. The number of unbranched alkanes of at least 4 members (excludes halogenated alkanes) is 1. The summed E-state index contributed by atoms with van der Waals surface area (Å²) in [4.78, 5) is 24.2. The molecule has 0 spiro atoms. The van der Waals surface area contributed by atoms with Gasteiger partial charge in [0.25, 0.3) is 0 Å². The van der Waals surface area contributed by atoms with E-state index in [9.17, 15) is 14.7 Å².